The van der Waals surface area contributed by atoms with E-state index in [4.69, 9.17) is 4.74 Å². The first kappa shape index (κ1) is 9.45. The lowest BCUT2D eigenvalue weighted by atomic mass is 9.69. The lowest BCUT2D eigenvalue weighted by Gasteiger charge is -2.39. The molecule has 0 aliphatic heterocycles. The first-order chi connectivity index (χ1) is 6.29. The van der Waals surface area contributed by atoms with E-state index in [-0.39, 0.29) is 0 Å². The first-order valence-corrected chi connectivity index (χ1v) is 5.46. The Morgan fingerprint density at radius 2 is 1.69 bits per heavy atom. The second kappa shape index (κ2) is 3.95. The number of hydrogen-bond acceptors (Lipinski definition) is 1. The van der Waals surface area contributed by atoms with Crippen molar-refractivity contribution < 1.29 is 9.13 Å². The van der Waals surface area contributed by atoms with Crippen LogP contribution in [-0.2, 0) is 4.74 Å². The summed E-state index contributed by atoms with van der Waals surface area (Å²) >= 11 is 0. The number of hydrogen-bond donors (Lipinski definition) is 0. The third kappa shape index (κ3) is 2.04. The van der Waals surface area contributed by atoms with E-state index in [1.165, 1.54) is 12.8 Å². The van der Waals surface area contributed by atoms with E-state index in [0.717, 1.165) is 31.6 Å². The molecule has 2 aliphatic carbocycles. The van der Waals surface area contributed by atoms with Crippen molar-refractivity contribution >= 4 is 0 Å². The molecular formula is C11H19FO. The SMILES string of the molecule is COC1CCC2CC(F)CCC2C1. The summed E-state index contributed by atoms with van der Waals surface area (Å²) in [6.45, 7) is 0. The van der Waals surface area contributed by atoms with Crippen LogP contribution >= 0.6 is 0 Å². The van der Waals surface area contributed by atoms with Gasteiger partial charge in [0.05, 0.1) is 6.10 Å². The number of methoxy groups -OCH3 is 1. The lowest BCUT2D eigenvalue weighted by molar-refractivity contribution is 0.00202. The highest BCUT2D eigenvalue weighted by Crippen LogP contribution is 2.41. The van der Waals surface area contributed by atoms with Gasteiger partial charge in [0.1, 0.15) is 6.17 Å². The molecule has 0 N–H and O–H groups in total. The fourth-order valence-corrected chi connectivity index (χ4v) is 3.00. The van der Waals surface area contributed by atoms with E-state index >= 15 is 0 Å². The van der Waals surface area contributed by atoms with Gasteiger partial charge >= 0.3 is 0 Å². The van der Waals surface area contributed by atoms with Crippen molar-refractivity contribution in [2.24, 2.45) is 11.8 Å². The number of halogens is 1. The lowest BCUT2D eigenvalue weighted by Crippen LogP contribution is -2.34. The van der Waals surface area contributed by atoms with Gasteiger partial charge in [0.15, 0.2) is 0 Å². The monoisotopic (exact) mass is 186 g/mol. The molecule has 13 heavy (non-hydrogen) atoms. The Morgan fingerprint density at radius 1 is 1.00 bits per heavy atom. The van der Waals surface area contributed by atoms with Crippen LogP contribution in [-0.4, -0.2) is 19.4 Å². The van der Waals surface area contributed by atoms with Gasteiger partial charge < -0.3 is 4.74 Å². The standard InChI is InChI=1S/C11H19FO/c1-13-11-5-3-8-6-10(12)4-2-9(8)7-11/h8-11H,2-7H2,1H3. The number of fused-ring (bicyclic) bond motifs is 1. The number of rotatable bonds is 1. The predicted molar refractivity (Wildman–Crippen MR) is 50.4 cm³/mol. The van der Waals surface area contributed by atoms with E-state index in [2.05, 4.69) is 0 Å². The summed E-state index contributed by atoms with van der Waals surface area (Å²) in [7, 11) is 1.80. The summed E-state index contributed by atoms with van der Waals surface area (Å²) in [4.78, 5) is 0. The molecule has 0 aromatic heterocycles. The molecule has 2 rings (SSSR count). The zero-order valence-electron chi connectivity index (χ0n) is 8.34. The smallest absolute Gasteiger partial charge is 0.100 e. The fourth-order valence-electron chi connectivity index (χ4n) is 3.00. The molecule has 0 aromatic carbocycles. The largest absolute Gasteiger partial charge is 0.381 e. The number of ether oxygens (including phenoxy) is 1. The van der Waals surface area contributed by atoms with Gasteiger partial charge in [0.25, 0.3) is 0 Å². The molecule has 0 amide bonds. The third-order valence-electron chi connectivity index (χ3n) is 3.83. The Morgan fingerprint density at radius 3 is 2.46 bits per heavy atom. The van der Waals surface area contributed by atoms with Gasteiger partial charge in [-0.2, -0.15) is 0 Å². The Bertz CT molecular complexity index is 171. The maximum Gasteiger partial charge on any atom is 0.100 e. The topological polar surface area (TPSA) is 9.23 Å². The van der Waals surface area contributed by atoms with Gasteiger partial charge in [0.2, 0.25) is 0 Å². The molecule has 2 fully saturated rings. The van der Waals surface area contributed by atoms with Gasteiger partial charge in [0, 0.05) is 7.11 Å². The van der Waals surface area contributed by atoms with Crippen LogP contribution in [0.3, 0.4) is 0 Å². The molecule has 4 atom stereocenters. The average molecular weight is 186 g/mol. The van der Waals surface area contributed by atoms with Crippen LogP contribution in [0.25, 0.3) is 0 Å². The molecule has 0 heterocycles. The molecule has 0 saturated heterocycles. The zero-order valence-corrected chi connectivity index (χ0v) is 8.34. The molecular weight excluding hydrogens is 167 g/mol. The van der Waals surface area contributed by atoms with Crippen molar-refractivity contribution in [3.63, 3.8) is 0 Å². The van der Waals surface area contributed by atoms with Crippen LogP contribution in [0, 0.1) is 11.8 Å². The predicted octanol–water partition coefficient (Wildman–Crippen LogP) is 2.94. The van der Waals surface area contributed by atoms with Crippen molar-refractivity contribution in [2.45, 2.75) is 50.8 Å². The van der Waals surface area contributed by atoms with E-state index in [1.54, 1.807) is 7.11 Å². The van der Waals surface area contributed by atoms with Crippen LogP contribution in [0.1, 0.15) is 38.5 Å². The van der Waals surface area contributed by atoms with Gasteiger partial charge in [-0.05, 0) is 50.4 Å². The van der Waals surface area contributed by atoms with Gasteiger partial charge in [-0.15, -0.1) is 0 Å². The average Bonchev–Trinajstić information content (AvgIpc) is 2.17. The van der Waals surface area contributed by atoms with Crippen molar-refractivity contribution in [1.82, 2.24) is 0 Å². The molecule has 2 saturated carbocycles. The highest BCUT2D eigenvalue weighted by molar-refractivity contribution is 4.86. The van der Waals surface area contributed by atoms with Crippen LogP contribution in [0.5, 0.6) is 0 Å². The zero-order chi connectivity index (χ0) is 9.26. The summed E-state index contributed by atoms with van der Waals surface area (Å²) in [6.07, 6.45) is 6.14. The first-order valence-electron chi connectivity index (χ1n) is 5.46. The summed E-state index contributed by atoms with van der Waals surface area (Å²) in [5, 5.41) is 0. The molecule has 0 radical (unpaired) electrons. The molecule has 0 bridgehead atoms. The van der Waals surface area contributed by atoms with Gasteiger partial charge in [-0.1, -0.05) is 0 Å². The van der Waals surface area contributed by atoms with Crippen molar-refractivity contribution in [1.29, 1.82) is 0 Å². The highest BCUT2D eigenvalue weighted by Gasteiger charge is 2.35. The molecule has 76 valence electrons. The van der Waals surface area contributed by atoms with Gasteiger partial charge in [-0.25, -0.2) is 4.39 Å². The molecule has 2 aliphatic rings. The van der Waals surface area contributed by atoms with Crippen molar-refractivity contribution in [3.05, 3.63) is 0 Å². The summed E-state index contributed by atoms with van der Waals surface area (Å²) in [6, 6.07) is 0. The van der Waals surface area contributed by atoms with Crippen LogP contribution < -0.4 is 0 Å². The van der Waals surface area contributed by atoms with Crippen LogP contribution in [0.4, 0.5) is 4.39 Å². The Hall–Kier alpha value is -0.110. The minimum Gasteiger partial charge on any atom is -0.381 e. The van der Waals surface area contributed by atoms with E-state index in [0.29, 0.717) is 12.0 Å². The second-order valence-corrected chi connectivity index (χ2v) is 4.60. The second-order valence-electron chi connectivity index (χ2n) is 4.60. The minimum absolute atomic E-state index is 0.456. The highest BCUT2D eigenvalue weighted by atomic mass is 19.1. The minimum atomic E-state index is -0.514. The quantitative estimate of drug-likeness (QED) is 0.611. The van der Waals surface area contributed by atoms with E-state index in [9.17, 15) is 4.39 Å². The molecule has 0 spiro atoms. The third-order valence-corrected chi connectivity index (χ3v) is 3.83. The maximum atomic E-state index is 13.1. The van der Waals surface area contributed by atoms with Gasteiger partial charge in [-0.3, -0.25) is 0 Å². The van der Waals surface area contributed by atoms with Crippen LogP contribution in [0.2, 0.25) is 0 Å². The van der Waals surface area contributed by atoms with Crippen molar-refractivity contribution in [2.75, 3.05) is 7.11 Å². The molecule has 2 heteroatoms. The van der Waals surface area contributed by atoms with E-state index in [1.807, 2.05) is 0 Å². The summed E-state index contributed by atoms with van der Waals surface area (Å²) in [5.74, 6) is 1.42. The Labute approximate surface area is 79.7 Å². The van der Waals surface area contributed by atoms with Crippen molar-refractivity contribution in [3.8, 4) is 0 Å². The molecule has 1 nitrogen and oxygen atoms in total. The Balaban J connectivity index is 1.90. The van der Waals surface area contributed by atoms with Crippen LogP contribution in [0.15, 0.2) is 0 Å². The summed E-state index contributed by atoms with van der Waals surface area (Å²) in [5.41, 5.74) is 0. The van der Waals surface area contributed by atoms with E-state index < -0.39 is 6.17 Å². The fraction of sp³-hybridized carbons (Fsp3) is 1.00. The Kier molecular flexibility index (Phi) is 2.87. The summed E-state index contributed by atoms with van der Waals surface area (Å²) < 4.78 is 18.5. The normalized spacial score (nSPS) is 45.7. The maximum absolute atomic E-state index is 13.1. The molecule has 4 unspecified atom stereocenters. The molecule has 0 aromatic rings. The number of alkyl halides is 1.